The highest BCUT2D eigenvalue weighted by atomic mass is 16.5. The van der Waals surface area contributed by atoms with Crippen LogP contribution in [0.4, 0.5) is 5.82 Å². The molecule has 1 aromatic carbocycles. The van der Waals surface area contributed by atoms with E-state index in [4.69, 9.17) is 4.74 Å². The molecular weight excluding hydrogens is 302 g/mol. The normalized spacial score (nSPS) is 16.6. The fraction of sp³-hybridized carbons (Fsp3) is 0.368. The number of fused-ring (bicyclic) bond motifs is 1. The maximum Gasteiger partial charge on any atom is 0.336 e. The number of nitrogens with zero attached hydrogens (tertiary/aromatic N) is 2. The molecule has 2 aromatic rings. The second kappa shape index (κ2) is 6.15. The van der Waals surface area contributed by atoms with Gasteiger partial charge in [-0.05, 0) is 38.8 Å². The summed E-state index contributed by atoms with van der Waals surface area (Å²) in [6, 6.07) is 8.17. The summed E-state index contributed by atoms with van der Waals surface area (Å²) in [4.78, 5) is 12.7. The van der Waals surface area contributed by atoms with Crippen LogP contribution in [0.5, 0.6) is 0 Å². The van der Waals surface area contributed by atoms with E-state index in [2.05, 4.69) is 29.5 Å². The van der Waals surface area contributed by atoms with Gasteiger partial charge in [-0.3, -0.25) is 4.68 Å². The first-order valence-corrected chi connectivity index (χ1v) is 8.19. The van der Waals surface area contributed by atoms with E-state index in [0.29, 0.717) is 12.2 Å². The Balaban J connectivity index is 2.26. The lowest BCUT2D eigenvalue weighted by atomic mass is 9.80. The summed E-state index contributed by atoms with van der Waals surface area (Å²) < 4.78 is 7.18. The van der Waals surface area contributed by atoms with Gasteiger partial charge in [0.2, 0.25) is 0 Å². The van der Waals surface area contributed by atoms with E-state index in [1.54, 1.807) is 0 Å². The average molecular weight is 325 g/mol. The van der Waals surface area contributed by atoms with Crippen molar-refractivity contribution >= 4 is 11.8 Å². The van der Waals surface area contributed by atoms with Crippen LogP contribution in [0.3, 0.4) is 0 Å². The van der Waals surface area contributed by atoms with Crippen molar-refractivity contribution in [2.45, 2.75) is 33.6 Å². The first kappa shape index (κ1) is 16.3. The summed E-state index contributed by atoms with van der Waals surface area (Å²) in [6.45, 7) is 8.15. The summed E-state index contributed by atoms with van der Waals surface area (Å²) in [7, 11) is 1.91. The van der Waals surface area contributed by atoms with Crippen molar-refractivity contribution in [1.82, 2.24) is 9.78 Å². The molecule has 0 aliphatic carbocycles. The summed E-state index contributed by atoms with van der Waals surface area (Å²) in [5, 5.41) is 7.88. The summed E-state index contributed by atoms with van der Waals surface area (Å²) in [5.74, 6) is 0.492. The summed E-state index contributed by atoms with van der Waals surface area (Å²) in [6.07, 6.45) is 0. The van der Waals surface area contributed by atoms with Crippen molar-refractivity contribution in [2.24, 2.45) is 7.05 Å². The smallest absolute Gasteiger partial charge is 0.336 e. The van der Waals surface area contributed by atoms with Crippen molar-refractivity contribution in [1.29, 1.82) is 0 Å². The second-order valence-corrected chi connectivity index (χ2v) is 6.15. The quantitative estimate of drug-likeness (QED) is 0.879. The van der Waals surface area contributed by atoms with Crippen LogP contribution in [-0.2, 0) is 16.6 Å². The molecule has 1 aromatic heterocycles. The van der Waals surface area contributed by atoms with E-state index in [1.165, 1.54) is 0 Å². The van der Waals surface area contributed by atoms with Gasteiger partial charge in [0.15, 0.2) is 0 Å². The third kappa shape index (κ3) is 2.50. The van der Waals surface area contributed by atoms with Gasteiger partial charge in [0.05, 0.1) is 17.9 Å². The molecule has 0 amide bonds. The predicted octanol–water partition coefficient (Wildman–Crippen LogP) is 3.43. The second-order valence-electron chi connectivity index (χ2n) is 6.15. The van der Waals surface area contributed by atoms with Crippen LogP contribution in [0.25, 0.3) is 0 Å². The maximum absolute atomic E-state index is 12.7. The first-order chi connectivity index (χ1) is 11.5. The Morgan fingerprint density at radius 2 is 2.00 bits per heavy atom. The molecule has 3 rings (SSSR count). The topological polar surface area (TPSA) is 56.1 Å². The van der Waals surface area contributed by atoms with Gasteiger partial charge in [-0.2, -0.15) is 5.10 Å². The van der Waals surface area contributed by atoms with Gasteiger partial charge in [0, 0.05) is 24.2 Å². The molecule has 1 atom stereocenters. The Hall–Kier alpha value is -2.56. The highest BCUT2D eigenvalue weighted by Crippen LogP contribution is 2.44. The number of aryl methyl sites for hydroxylation is 3. The minimum absolute atomic E-state index is 0.171. The number of aromatic nitrogens is 2. The number of carbonyl (C=O) groups excluding carboxylic acids is 1. The lowest BCUT2D eigenvalue weighted by Gasteiger charge is -2.29. The molecule has 2 heterocycles. The number of hydrogen-bond acceptors (Lipinski definition) is 4. The van der Waals surface area contributed by atoms with Gasteiger partial charge >= 0.3 is 5.97 Å². The van der Waals surface area contributed by atoms with Crippen molar-refractivity contribution < 1.29 is 9.53 Å². The Bertz CT molecular complexity index is 833. The largest absolute Gasteiger partial charge is 0.463 e. The molecule has 5 nitrogen and oxygen atoms in total. The van der Waals surface area contributed by atoms with Crippen LogP contribution < -0.4 is 5.32 Å². The molecule has 1 N–H and O–H groups in total. The summed E-state index contributed by atoms with van der Waals surface area (Å²) >= 11 is 0. The van der Waals surface area contributed by atoms with Crippen LogP contribution in [0.2, 0.25) is 0 Å². The first-order valence-electron chi connectivity index (χ1n) is 8.19. The SMILES string of the molecule is CCOC(=O)C1=C(C)Nc2c(c(C)nn2C)C1c1ccccc1C. The Morgan fingerprint density at radius 3 is 2.67 bits per heavy atom. The predicted molar refractivity (Wildman–Crippen MR) is 93.9 cm³/mol. The van der Waals surface area contributed by atoms with Crippen molar-refractivity contribution in [2.75, 3.05) is 11.9 Å². The molecule has 0 spiro atoms. The van der Waals surface area contributed by atoms with Crippen molar-refractivity contribution in [3.05, 3.63) is 57.9 Å². The molecule has 1 aliphatic heterocycles. The number of carbonyl (C=O) groups is 1. The molecule has 5 heteroatoms. The fourth-order valence-electron chi connectivity index (χ4n) is 3.48. The zero-order chi connectivity index (χ0) is 17.4. The number of esters is 1. The van der Waals surface area contributed by atoms with E-state index < -0.39 is 0 Å². The van der Waals surface area contributed by atoms with Crippen LogP contribution in [0.15, 0.2) is 35.5 Å². The molecule has 0 saturated carbocycles. The highest BCUT2D eigenvalue weighted by molar-refractivity contribution is 5.94. The van der Waals surface area contributed by atoms with Gasteiger partial charge in [-0.25, -0.2) is 4.79 Å². The minimum Gasteiger partial charge on any atom is -0.463 e. The zero-order valence-electron chi connectivity index (χ0n) is 14.8. The molecular formula is C19H23N3O2. The monoisotopic (exact) mass is 325 g/mol. The Morgan fingerprint density at radius 1 is 1.29 bits per heavy atom. The third-order valence-electron chi connectivity index (χ3n) is 4.55. The number of allylic oxidation sites excluding steroid dienone is 1. The van der Waals surface area contributed by atoms with Crippen LogP contribution >= 0.6 is 0 Å². The number of rotatable bonds is 3. The third-order valence-corrected chi connectivity index (χ3v) is 4.55. The number of benzene rings is 1. The van der Waals surface area contributed by atoms with E-state index >= 15 is 0 Å². The van der Waals surface area contributed by atoms with E-state index in [9.17, 15) is 4.79 Å². The van der Waals surface area contributed by atoms with Crippen LogP contribution in [0, 0.1) is 13.8 Å². The number of nitrogens with one attached hydrogen (secondary N) is 1. The highest BCUT2D eigenvalue weighted by Gasteiger charge is 2.37. The van der Waals surface area contributed by atoms with E-state index in [-0.39, 0.29) is 11.9 Å². The molecule has 0 radical (unpaired) electrons. The summed E-state index contributed by atoms with van der Waals surface area (Å²) in [5.41, 5.74) is 5.70. The maximum atomic E-state index is 12.7. The Labute approximate surface area is 142 Å². The van der Waals surface area contributed by atoms with Crippen molar-refractivity contribution in [3.8, 4) is 0 Å². The molecule has 126 valence electrons. The van der Waals surface area contributed by atoms with Gasteiger partial charge in [0.25, 0.3) is 0 Å². The fourth-order valence-corrected chi connectivity index (χ4v) is 3.48. The van der Waals surface area contributed by atoms with E-state index in [1.807, 2.05) is 44.6 Å². The standard InChI is InChI=1S/C19H23N3O2/c1-6-24-19(23)16-12(3)20-18-15(13(4)21-22(18)5)17(16)14-10-8-7-9-11(14)2/h7-10,17,20H,6H2,1-5H3. The lowest BCUT2D eigenvalue weighted by Crippen LogP contribution is -2.25. The lowest BCUT2D eigenvalue weighted by molar-refractivity contribution is -0.138. The number of ether oxygens (including phenoxy) is 1. The zero-order valence-corrected chi connectivity index (χ0v) is 14.8. The van der Waals surface area contributed by atoms with Gasteiger partial charge < -0.3 is 10.1 Å². The number of hydrogen-bond donors (Lipinski definition) is 1. The molecule has 24 heavy (non-hydrogen) atoms. The van der Waals surface area contributed by atoms with Crippen LogP contribution in [-0.4, -0.2) is 22.4 Å². The van der Waals surface area contributed by atoms with Gasteiger partial charge in [0.1, 0.15) is 5.82 Å². The number of anilines is 1. The molecule has 0 saturated heterocycles. The average Bonchev–Trinajstić information content (AvgIpc) is 2.81. The molecule has 0 bridgehead atoms. The van der Waals surface area contributed by atoms with Gasteiger partial charge in [-0.15, -0.1) is 0 Å². The molecule has 0 fully saturated rings. The van der Waals surface area contributed by atoms with E-state index in [0.717, 1.165) is 33.9 Å². The minimum atomic E-state index is -0.273. The molecule has 1 unspecified atom stereocenters. The molecule has 1 aliphatic rings. The van der Waals surface area contributed by atoms with Crippen molar-refractivity contribution in [3.63, 3.8) is 0 Å². The van der Waals surface area contributed by atoms with Gasteiger partial charge in [-0.1, -0.05) is 24.3 Å². The van der Waals surface area contributed by atoms with Crippen LogP contribution in [0.1, 0.15) is 42.1 Å². The Kier molecular flexibility index (Phi) is 4.18.